The van der Waals surface area contributed by atoms with Gasteiger partial charge in [-0.25, -0.2) is 4.79 Å². The van der Waals surface area contributed by atoms with Crippen LogP contribution in [0, 0.1) is 7.11 Å². The number of carbonyl (C=O) groups is 1. The first-order chi connectivity index (χ1) is 3.31. The third kappa shape index (κ3) is 3.09. The van der Waals surface area contributed by atoms with Gasteiger partial charge in [-0.2, -0.15) is 0 Å². The molecule has 2 radical (unpaired) electrons. The second-order valence-electron chi connectivity index (χ2n) is 0.801. The summed E-state index contributed by atoms with van der Waals surface area (Å²) in [5, 5.41) is 0. The van der Waals surface area contributed by atoms with Crippen LogP contribution in [0.25, 0.3) is 0 Å². The van der Waals surface area contributed by atoms with Crippen LogP contribution in [0.1, 0.15) is 6.92 Å². The molecule has 0 aliphatic rings. The van der Waals surface area contributed by atoms with Crippen molar-refractivity contribution in [3.63, 3.8) is 0 Å². The monoisotopic (exact) mass is 102 g/mol. The molecular formula is C4H6O3. The standard InChI is InChI=1S/C4H6O3/c1-3-7-4(5)6-2/h2H,3H2,1H3. The van der Waals surface area contributed by atoms with E-state index in [0.29, 0.717) is 0 Å². The van der Waals surface area contributed by atoms with Crippen molar-refractivity contribution in [2.45, 2.75) is 6.92 Å². The predicted molar refractivity (Wildman–Crippen MR) is 22.4 cm³/mol. The van der Waals surface area contributed by atoms with E-state index in [1.165, 1.54) is 0 Å². The van der Waals surface area contributed by atoms with Crippen molar-refractivity contribution in [1.82, 2.24) is 0 Å². The minimum atomic E-state index is -0.845. The number of rotatable bonds is 1. The third-order valence-corrected chi connectivity index (χ3v) is 0.358. The summed E-state index contributed by atoms with van der Waals surface area (Å²) in [5.41, 5.74) is 0. The average molecular weight is 102 g/mol. The molecule has 0 amide bonds. The molecule has 0 spiro atoms. The topological polar surface area (TPSA) is 35.5 Å². The summed E-state index contributed by atoms with van der Waals surface area (Å²) in [6, 6.07) is 0. The van der Waals surface area contributed by atoms with Gasteiger partial charge in [0.05, 0.1) is 6.61 Å². The fraction of sp³-hybridized carbons (Fsp3) is 0.500. The van der Waals surface area contributed by atoms with Crippen LogP contribution in [0.5, 0.6) is 0 Å². The van der Waals surface area contributed by atoms with Crippen LogP contribution in [0.3, 0.4) is 0 Å². The summed E-state index contributed by atoms with van der Waals surface area (Å²) in [6.45, 7) is 1.95. The lowest BCUT2D eigenvalue weighted by Crippen LogP contribution is -2.00. The Morgan fingerprint density at radius 3 is 2.57 bits per heavy atom. The molecule has 0 saturated heterocycles. The van der Waals surface area contributed by atoms with Gasteiger partial charge in [-0.3, -0.25) is 0 Å². The van der Waals surface area contributed by atoms with Gasteiger partial charge in [0.2, 0.25) is 0 Å². The Hall–Kier alpha value is -0.730. The van der Waals surface area contributed by atoms with Gasteiger partial charge in [0, 0.05) is 0 Å². The molecule has 0 rings (SSSR count). The molecule has 40 valence electrons. The van der Waals surface area contributed by atoms with E-state index in [0.717, 1.165) is 0 Å². The normalized spacial score (nSPS) is 7.71. The zero-order valence-corrected chi connectivity index (χ0v) is 4.01. The molecule has 0 aromatic heterocycles. The van der Waals surface area contributed by atoms with Gasteiger partial charge in [0.1, 0.15) is 0 Å². The quantitative estimate of drug-likeness (QED) is 0.460. The smallest absolute Gasteiger partial charge is 0.435 e. The van der Waals surface area contributed by atoms with E-state index >= 15 is 0 Å². The highest BCUT2D eigenvalue weighted by atomic mass is 16.7. The van der Waals surface area contributed by atoms with Crippen LogP contribution in [-0.4, -0.2) is 12.8 Å². The van der Waals surface area contributed by atoms with E-state index in [-0.39, 0.29) is 6.61 Å². The molecule has 3 nitrogen and oxygen atoms in total. The molecule has 0 aromatic rings. The van der Waals surface area contributed by atoms with Crippen molar-refractivity contribution in [1.29, 1.82) is 0 Å². The molecule has 0 aromatic carbocycles. The van der Waals surface area contributed by atoms with E-state index in [4.69, 9.17) is 0 Å². The van der Waals surface area contributed by atoms with Crippen molar-refractivity contribution >= 4 is 6.16 Å². The van der Waals surface area contributed by atoms with Crippen molar-refractivity contribution in [2.75, 3.05) is 6.61 Å². The van der Waals surface area contributed by atoms with Crippen molar-refractivity contribution in [2.24, 2.45) is 0 Å². The molecule has 0 heterocycles. The largest absolute Gasteiger partial charge is 0.508 e. The molecule has 0 aliphatic heterocycles. The maximum Gasteiger partial charge on any atom is 0.508 e. The lowest BCUT2D eigenvalue weighted by Gasteiger charge is -1.93. The highest BCUT2D eigenvalue weighted by Gasteiger charge is 1.93. The Labute approximate surface area is 42.2 Å². The molecule has 0 atom stereocenters. The van der Waals surface area contributed by atoms with Crippen LogP contribution >= 0.6 is 0 Å². The average Bonchev–Trinajstić information content (AvgIpc) is 1.68. The zero-order chi connectivity index (χ0) is 5.70. The Kier molecular flexibility index (Phi) is 3.10. The second kappa shape index (κ2) is 3.46. The molecule has 3 heteroatoms. The summed E-state index contributed by atoms with van der Waals surface area (Å²) < 4.78 is 7.83. The van der Waals surface area contributed by atoms with Gasteiger partial charge >= 0.3 is 6.16 Å². The van der Waals surface area contributed by atoms with Crippen LogP contribution in [-0.2, 0) is 9.47 Å². The molecule has 0 bridgehead atoms. The Bertz CT molecular complexity index is 60.0. The Balaban J connectivity index is 3.00. The van der Waals surface area contributed by atoms with Crippen molar-refractivity contribution in [3.05, 3.63) is 7.11 Å². The summed E-state index contributed by atoms with van der Waals surface area (Å²) in [6.07, 6.45) is -0.845. The van der Waals surface area contributed by atoms with Crippen LogP contribution in [0.2, 0.25) is 0 Å². The summed E-state index contributed by atoms with van der Waals surface area (Å²) in [5.74, 6) is 0. The molecule has 0 saturated carbocycles. The molecular weight excluding hydrogens is 96.0 g/mol. The fourth-order valence-corrected chi connectivity index (χ4v) is 0.152. The molecule has 0 fully saturated rings. The lowest BCUT2D eigenvalue weighted by atomic mass is 10.9. The molecule has 7 heavy (non-hydrogen) atoms. The van der Waals surface area contributed by atoms with Gasteiger partial charge in [0.15, 0.2) is 7.11 Å². The Morgan fingerprint density at radius 2 is 2.43 bits per heavy atom. The maximum absolute atomic E-state index is 9.84. The minimum absolute atomic E-state index is 0.288. The highest BCUT2D eigenvalue weighted by molar-refractivity contribution is 5.59. The van der Waals surface area contributed by atoms with Gasteiger partial charge < -0.3 is 9.47 Å². The van der Waals surface area contributed by atoms with Gasteiger partial charge in [-0.05, 0) is 6.92 Å². The van der Waals surface area contributed by atoms with Crippen molar-refractivity contribution < 1.29 is 14.3 Å². The van der Waals surface area contributed by atoms with Gasteiger partial charge in [-0.15, -0.1) is 0 Å². The summed E-state index contributed by atoms with van der Waals surface area (Å²) in [4.78, 5) is 9.84. The number of hydrogen-bond acceptors (Lipinski definition) is 3. The first-order valence-corrected chi connectivity index (χ1v) is 1.84. The molecule has 0 unspecified atom stereocenters. The maximum atomic E-state index is 9.84. The first kappa shape index (κ1) is 6.27. The zero-order valence-electron chi connectivity index (χ0n) is 4.01. The molecule has 0 N–H and O–H groups in total. The van der Waals surface area contributed by atoms with E-state index in [1.54, 1.807) is 6.92 Å². The van der Waals surface area contributed by atoms with Crippen LogP contribution in [0.15, 0.2) is 0 Å². The number of carbonyl (C=O) groups excluding carboxylic acids is 1. The van der Waals surface area contributed by atoms with E-state index < -0.39 is 6.16 Å². The van der Waals surface area contributed by atoms with E-state index in [2.05, 4.69) is 16.6 Å². The molecule has 0 aliphatic carbocycles. The van der Waals surface area contributed by atoms with Crippen molar-refractivity contribution in [3.8, 4) is 0 Å². The van der Waals surface area contributed by atoms with E-state index in [9.17, 15) is 4.79 Å². The SMILES string of the molecule is [CH]OC(=O)OCC. The van der Waals surface area contributed by atoms with Crippen LogP contribution < -0.4 is 0 Å². The highest BCUT2D eigenvalue weighted by Crippen LogP contribution is 1.79. The second-order valence-corrected chi connectivity index (χ2v) is 0.801. The minimum Gasteiger partial charge on any atom is -0.435 e. The van der Waals surface area contributed by atoms with Gasteiger partial charge in [0.25, 0.3) is 0 Å². The summed E-state index contributed by atoms with van der Waals surface area (Å²) in [7, 11) is 4.38. The fourth-order valence-electron chi connectivity index (χ4n) is 0.152. The van der Waals surface area contributed by atoms with Crippen LogP contribution in [0.4, 0.5) is 4.79 Å². The number of ether oxygens (including phenoxy) is 2. The first-order valence-electron chi connectivity index (χ1n) is 1.84. The lowest BCUT2D eigenvalue weighted by molar-refractivity contribution is 0.0876. The summed E-state index contributed by atoms with van der Waals surface area (Å²) >= 11 is 0. The predicted octanol–water partition coefficient (Wildman–Crippen LogP) is 0.828. The number of hydrogen-bond donors (Lipinski definition) is 0. The Morgan fingerprint density at radius 1 is 1.86 bits per heavy atom. The van der Waals surface area contributed by atoms with E-state index in [1.807, 2.05) is 0 Å². The third-order valence-electron chi connectivity index (χ3n) is 0.358. The van der Waals surface area contributed by atoms with Gasteiger partial charge in [-0.1, -0.05) is 0 Å².